The summed E-state index contributed by atoms with van der Waals surface area (Å²) in [6.45, 7) is 1.95. The number of pyridine rings is 1. The number of imide groups is 1. The molecule has 6 rings (SSSR count). The Hall–Kier alpha value is -3.77. The molecule has 0 bridgehead atoms. The first-order valence-electron chi connectivity index (χ1n) is 11.0. The van der Waals surface area contributed by atoms with Gasteiger partial charge in [0.1, 0.15) is 0 Å². The summed E-state index contributed by atoms with van der Waals surface area (Å²) in [5.41, 5.74) is 3.53. The third kappa shape index (κ3) is 2.87. The molecule has 158 valence electrons. The molecule has 1 saturated heterocycles. The lowest BCUT2D eigenvalue weighted by Crippen LogP contribution is -2.29. The van der Waals surface area contributed by atoms with E-state index in [2.05, 4.69) is 32.4 Å². The molecule has 6 heteroatoms. The van der Waals surface area contributed by atoms with E-state index in [-0.39, 0.29) is 11.8 Å². The summed E-state index contributed by atoms with van der Waals surface area (Å²) < 4.78 is 2.29. The van der Waals surface area contributed by atoms with Crippen LogP contribution in [0.4, 0.5) is 0 Å². The first kappa shape index (κ1) is 19.0. The van der Waals surface area contributed by atoms with E-state index in [1.54, 1.807) is 12.4 Å². The minimum Gasteiger partial charge on any atom is -0.344 e. The lowest BCUT2D eigenvalue weighted by molar-refractivity contribution is -0.122. The van der Waals surface area contributed by atoms with Gasteiger partial charge in [0.15, 0.2) is 0 Å². The lowest BCUT2D eigenvalue weighted by atomic mass is 9.93. The summed E-state index contributed by atoms with van der Waals surface area (Å²) >= 11 is 0. The highest BCUT2D eigenvalue weighted by molar-refractivity contribution is 6.50. The van der Waals surface area contributed by atoms with Crippen molar-refractivity contribution in [3.63, 3.8) is 0 Å². The van der Waals surface area contributed by atoms with Gasteiger partial charge in [-0.1, -0.05) is 36.4 Å². The summed E-state index contributed by atoms with van der Waals surface area (Å²) in [5.74, 6) is -0.697. The van der Waals surface area contributed by atoms with Crippen molar-refractivity contribution in [1.29, 1.82) is 0 Å². The molecule has 4 heterocycles. The molecule has 4 aromatic rings. The van der Waals surface area contributed by atoms with Gasteiger partial charge in [0.25, 0.3) is 11.8 Å². The third-order valence-electron chi connectivity index (χ3n) is 6.59. The van der Waals surface area contributed by atoms with Crippen molar-refractivity contribution in [2.24, 2.45) is 0 Å². The van der Waals surface area contributed by atoms with Gasteiger partial charge >= 0.3 is 0 Å². The van der Waals surface area contributed by atoms with Crippen molar-refractivity contribution in [2.45, 2.75) is 18.9 Å². The minimum atomic E-state index is -0.354. The quantitative estimate of drug-likeness (QED) is 0.494. The molecule has 0 spiro atoms. The monoisotopic (exact) mass is 422 g/mol. The van der Waals surface area contributed by atoms with Gasteiger partial charge in [-0.05, 0) is 49.0 Å². The summed E-state index contributed by atoms with van der Waals surface area (Å²) in [6, 6.07) is 16.2. The van der Waals surface area contributed by atoms with Crippen molar-refractivity contribution < 1.29 is 9.59 Å². The molecular weight excluding hydrogens is 400 g/mol. The van der Waals surface area contributed by atoms with Crippen LogP contribution in [-0.4, -0.2) is 34.5 Å². The third-order valence-corrected chi connectivity index (χ3v) is 6.59. The number of nitrogens with zero attached hydrogens (tertiary/aromatic N) is 2. The number of hydrogen-bond acceptors (Lipinski definition) is 4. The number of nitrogens with one attached hydrogen (secondary N) is 2. The number of amides is 2. The Balaban J connectivity index is 1.63. The number of rotatable bonds is 3. The largest absolute Gasteiger partial charge is 0.344 e. The number of benzene rings is 2. The Labute approximate surface area is 184 Å². The SMILES string of the molecule is O=C1NC(=O)C(c2cn(C3CCNCC3)c3ccccc23)=C1c1cccc2cnccc12. The van der Waals surface area contributed by atoms with Crippen LogP contribution in [0.2, 0.25) is 0 Å². The Bertz CT molecular complexity index is 1420. The predicted molar refractivity (Wildman–Crippen MR) is 125 cm³/mol. The molecular formula is C26H22N4O2. The summed E-state index contributed by atoms with van der Waals surface area (Å²) in [7, 11) is 0. The average molecular weight is 422 g/mol. The van der Waals surface area contributed by atoms with Crippen molar-refractivity contribution in [3.8, 4) is 0 Å². The highest BCUT2D eigenvalue weighted by Gasteiger charge is 2.35. The molecule has 2 aliphatic rings. The molecule has 0 aliphatic carbocycles. The Morgan fingerprint density at radius 3 is 2.47 bits per heavy atom. The molecule has 0 unspecified atom stereocenters. The van der Waals surface area contributed by atoms with Crippen molar-refractivity contribution in [2.75, 3.05) is 13.1 Å². The number of para-hydroxylation sites is 1. The van der Waals surface area contributed by atoms with E-state index in [9.17, 15) is 9.59 Å². The number of hydrogen-bond donors (Lipinski definition) is 2. The van der Waals surface area contributed by atoms with E-state index in [0.717, 1.165) is 58.7 Å². The van der Waals surface area contributed by atoms with Gasteiger partial charge < -0.3 is 9.88 Å². The molecule has 0 atom stereocenters. The molecule has 2 aromatic carbocycles. The molecule has 2 aromatic heterocycles. The lowest BCUT2D eigenvalue weighted by Gasteiger charge is -2.25. The van der Waals surface area contributed by atoms with Gasteiger partial charge in [0, 0.05) is 46.5 Å². The van der Waals surface area contributed by atoms with E-state index >= 15 is 0 Å². The zero-order valence-corrected chi connectivity index (χ0v) is 17.5. The molecule has 2 aliphatic heterocycles. The van der Waals surface area contributed by atoms with Crippen molar-refractivity contribution >= 4 is 44.6 Å². The van der Waals surface area contributed by atoms with Gasteiger partial charge in [-0.3, -0.25) is 19.9 Å². The van der Waals surface area contributed by atoms with Crippen LogP contribution in [0.25, 0.3) is 32.8 Å². The summed E-state index contributed by atoms with van der Waals surface area (Å²) in [6.07, 6.45) is 7.62. The minimum absolute atomic E-state index is 0.343. The maximum Gasteiger partial charge on any atom is 0.259 e. The van der Waals surface area contributed by atoms with Gasteiger partial charge in [0.05, 0.1) is 11.1 Å². The first-order valence-corrected chi connectivity index (χ1v) is 11.0. The Kier molecular flexibility index (Phi) is 4.40. The second-order valence-corrected chi connectivity index (χ2v) is 8.38. The van der Waals surface area contributed by atoms with E-state index < -0.39 is 0 Å². The van der Waals surface area contributed by atoms with E-state index in [4.69, 9.17) is 0 Å². The van der Waals surface area contributed by atoms with Crippen molar-refractivity contribution in [1.82, 2.24) is 20.2 Å². The van der Waals surface area contributed by atoms with Crippen LogP contribution >= 0.6 is 0 Å². The van der Waals surface area contributed by atoms with Crippen molar-refractivity contribution in [3.05, 3.63) is 78.2 Å². The number of carbonyl (C=O) groups excluding carboxylic acids is 2. The van der Waals surface area contributed by atoms with Crippen LogP contribution in [0.1, 0.15) is 30.0 Å². The number of aromatic nitrogens is 2. The molecule has 32 heavy (non-hydrogen) atoms. The van der Waals surface area contributed by atoms with Crippen LogP contribution in [0.3, 0.4) is 0 Å². The smallest absolute Gasteiger partial charge is 0.259 e. The van der Waals surface area contributed by atoms with Crippen LogP contribution in [0.15, 0.2) is 67.1 Å². The Morgan fingerprint density at radius 2 is 1.62 bits per heavy atom. The first-order chi connectivity index (χ1) is 15.7. The van der Waals surface area contributed by atoms with E-state index in [1.165, 1.54) is 0 Å². The molecule has 6 nitrogen and oxygen atoms in total. The average Bonchev–Trinajstić information content (AvgIpc) is 3.35. The standard InChI is InChI=1S/C26H22N4O2/c31-25-23(20-6-3-4-16-14-28-13-10-18(16)20)24(26(32)29-25)21-15-30(17-8-11-27-12-9-17)22-7-2-1-5-19(21)22/h1-7,10,13-15,17,27H,8-9,11-12H2,(H,29,31,32). The number of piperidine rings is 1. The number of fused-ring (bicyclic) bond motifs is 2. The molecule has 0 saturated carbocycles. The maximum atomic E-state index is 13.1. The molecule has 0 radical (unpaired) electrons. The fraction of sp³-hybridized carbons (Fsp3) is 0.192. The van der Waals surface area contributed by atoms with E-state index in [0.29, 0.717) is 17.2 Å². The second-order valence-electron chi connectivity index (χ2n) is 8.38. The van der Waals surface area contributed by atoms with Crippen LogP contribution in [0, 0.1) is 0 Å². The van der Waals surface area contributed by atoms with Crippen LogP contribution in [-0.2, 0) is 9.59 Å². The van der Waals surface area contributed by atoms with Gasteiger partial charge in [0.2, 0.25) is 0 Å². The summed E-state index contributed by atoms with van der Waals surface area (Å²) in [4.78, 5) is 30.3. The molecule has 1 fully saturated rings. The molecule has 2 N–H and O–H groups in total. The second kappa shape index (κ2) is 7.43. The zero-order valence-electron chi connectivity index (χ0n) is 17.5. The fourth-order valence-corrected chi connectivity index (χ4v) is 5.10. The highest BCUT2D eigenvalue weighted by atomic mass is 16.2. The normalized spacial score (nSPS) is 17.5. The molecule has 2 amide bonds. The maximum absolute atomic E-state index is 13.1. The predicted octanol–water partition coefficient (Wildman–Crippen LogP) is 3.68. The topological polar surface area (TPSA) is 76.0 Å². The highest BCUT2D eigenvalue weighted by Crippen LogP contribution is 2.39. The summed E-state index contributed by atoms with van der Waals surface area (Å²) in [5, 5.41) is 8.79. The zero-order chi connectivity index (χ0) is 21.7. The van der Waals surface area contributed by atoms with E-state index in [1.807, 2.05) is 42.5 Å². The van der Waals surface area contributed by atoms with Gasteiger partial charge in [-0.15, -0.1) is 0 Å². The van der Waals surface area contributed by atoms with Gasteiger partial charge in [-0.25, -0.2) is 0 Å². The van der Waals surface area contributed by atoms with Crippen LogP contribution in [0.5, 0.6) is 0 Å². The fourth-order valence-electron chi connectivity index (χ4n) is 5.10. The van der Waals surface area contributed by atoms with Gasteiger partial charge in [-0.2, -0.15) is 0 Å². The van der Waals surface area contributed by atoms with Crippen LogP contribution < -0.4 is 10.6 Å². The Morgan fingerprint density at radius 1 is 0.844 bits per heavy atom. The number of carbonyl (C=O) groups is 2.